The molecule has 0 amide bonds. The van der Waals surface area contributed by atoms with Crippen molar-refractivity contribution in [2.24, 2.45) is 0 Å². The summed E-state index contributed by atoms with van der Waals surface area (Å²) in [6.07, 6.45) is 32.6. The van der Waals surface area contributed by atoms with Crippen LogP contribution in [0.25, 0.3) is 0 Å². The lowest BCUT2D eigenvalue weighted by Gasteiger charge is -2.03. The average Bonchev–Trinajstić information content (AvgIpc) is 2.54. The van der Waals surface area contributed by atoms with E-state index in [9.17, 15) is 0 Å². The molecule has 0 saturated carbocycles. The van der Waals surface area contributed by atoms with Gasteiger partial charge in [-0.3, -0.25) is 0 Å². The predicted octanol–water partition coefficient (Wildman–Crippen LogP) is 7.82. The van der Waals surface area contributed by atoms with Crippen LogP contribution >= 0.6 is 0 Å². The topological polar surface area (TPSA) is 0 Å². The Morgan fingerprint density at radius 2 is 0.727 bits per heavy atom. The third-order valence-corrected chi connectivity index (χ3v) is 4.55. The summed E-state index contributed by atoms with van der Waals surface area (Å²) in [5, 5.41) is 0. The number of hydrogen-bond donors (Lipinski definition) is 0. The number of hydrogen-bond acceptors (Lipinski definition) is 0. The van der Waals surface area contributed by atoms with Gasteiger partial charge in [0.25, 0.3) is 0 Å². The van der Waals surface area contributed by atoms with Crippen molar-refractivity contribution in [3.63, 3.8) is 0 Å². The molecule has 0 heteroatoms. The Morgan fingerprint density at radius 3 is 1.00 bits per heavy atom. The van der Waals surface area contributed by atoms with Gasteiger partial charge in [-0.1, -0.05) is 122 Å². The predicted molar refractivity (Wildman–Crippen MR) is 100 cm³/mol. The standard InChI is InChI=1S/C22H40/c1-3-5-7-9-11-13-15-17-19-21-22-20-18-16-14-12-10-8-6-4-2/h1,3,5-22H2. The molecule has 0 spiro atoms. The van der Waals surface area contributed by atoms with Crippen molar-refractivity contribution < 1.29 is 0 Å². The molecule has 0 atom stereocenters. The summed E-state index contributed by atoms with van der Waals surface area (Å²) in [7, 11) is 0. The van der Waals surface area contributed by atoms with Crippen LogP contribution in [0, 0.1) is 19.3 Å². The first-order valence-electron chi connectivity index (χ1n) is 10.1. The number of rotatable bonds is 18. The van der Waals surface area contributed by atoms with Gasteiger partial charge in [0.2, 0.25) is 0 Å². The molecular formula is C22H40. The molecule has 0 aromatic heterocycles. The van der Waals surface area contributed by atoms with E-state index < -0.39 is 0 Å². The Balaban J connectivity index is 2.93. The highest BCUT2D eigenvalue weighted by molar-refractivity contribution is 4.74. The van der Waals surface area contributed by atoms with Crippen molar-refractivity contribution in [3.8, 4) is 5.92 Å². The second kappa shape index (κ2) is 20.6. The van der Waals surface area contributed by atoms with Crippen molar-refractivity contribution in [3.05, 3.63) is 13.3 Å². The monoisotopic (exact) mass is 304 g/mol. The molecule has 0 nitrogen and oxygen atoms in total. The highest BCUT2D eigenvalue weighted by Crippen LogP contribution is 2.14. The molecule has 0 aliphatic heterocycles. The fraction of sp³-hybridized carbons (Fsp3) is 0.864. The van der Waals surface area contributed by atoms with E-state index in [1.807, 2.05) is 0 Å². The van der Waals surface area contributed by atoms with Crippen molar-refractivity contribution in [2.75, 3.05) is 0 Å². The normalized spacial score (nSPS) is 10.7. The first-order chi connectivity index (χ1) is 10.9. The summed E-state index contributed by atoms with van der Waals surface area (Å²) < 4.78 is 0. The molecule has 0 aliphatic rings. The van der Waals surface area contributed by atoms with E-state index in [2.05, 4.69) is 12.8 Å². The lowest BCUT2D eigenvalue weighted by molar-refractivity contribution is 0.526. The first kappa shape index (κ1) is 21.6. The second-order valence-corrected chi connectivity index (χ2v) is 6.79. The van der Waals surface area contributed by atoms with E-state index in [1.165, 1.54) is 109 Å². The van der Waals surface area contributed by atoms with Gasteiger partial charge in [-0.15, -0.1) is 0 Å². The molecular weight excluding hydrogens is 264 g/mol. The molecule has 0 unspecified atom stereocenters. The summed E-state index contributed by atoms with van der Waals surface area (Å²) in [5.41, 5.74) is 0. The zero-order chi connectivity index (χ0) is 16.1. The van der Waals surface area contributed by atoms with Gasteiger partial charge in [-0.25, -0.2) is 0 Å². The quantitative estimate of drug-likeness (QED) is 0.179. The van der Waals surface area contributed by atoms with Crippen LogP contribution in [0.3, 0.4) is 0 Å². The Bertz CT molecular complexity index is 223. The zero-order valence-corrected chi connectivity index (χ0v) is 15.1. The van der Waals surface area contributed by atoms with Gasteiger partial charge in [0.1, 0.15) is 0 Å². The van der Waals surface area contributed by atoms with E-state index in [0.717, 1.165) is 12.8 Å². The van der Waals surface area contributed by atoms with E-state index in [0.29, 0.717) is 0 Å². The van der Waals surface area contributed by atoms with Crippen molar-refractivity contribution in [1.29, 1.82) is 0 Å². The molecule has 0 fully saturated rings. The molecule has 0 bridgehead atoms. The third-order valence-electron chi connectivity index (χ3n) is 4.55. The molecule has 2 radical (unpaired) electrons. The zero-order valence-electron chi connectivity index (χ0n) is 15.1. The molecule has 0 aliphatic carbocycles. The molecule has 0 rings (SSSR count). The van der Waals surface area contributed by atoms with E-state index in [-0.39, 0.29) is 0 Å². The van der Waals surface area contributed by atoms with Crippen LogP contribution in [0.15, 0.2) is 0 Å². The minimum absolute atomic E-state index is 0.857. The fourth-order valence-corrected chi connectivity index (χ4v) is 3.04. The molecule has 0 heterocycles. The van der Waals surface area contributed by atoms with Gasteiger partial charge < -0.3 is 0 Å². The molecule has 0 aromatic rings. The van der Waals surface area contributed by atoms with Gasteiger partial charge in [-0.2, -0.15) is 0 Å². The van der Waals surface area contributed by atoms with Gasteiger partial charge in [0.05, 0.1) is 0 Å². The summed E-state index contributed by atoms with van der Waals surface area (Å²) in [6, 6.07) is 0. The van der Waals surface area contributed by atoms with Crippen LogP contribution in [-0.4, -0.2) is 0 Å². The van der Waals surface area contributed by atoms with Crippen LogP contribution < -0.4 is 0 Å². The first-order valence-corrected chi connectivity index (χ1v) is 10.1. The highest BCUT2D eigenvalue weighted by Gasteiger charge is 1.94. The van der Waals surface area contributed by atoms with Crippen LogP contribution in [0.5, 0.6) is 0 Å². The maximum Gasteiger partial charge on any atom is 0.00989 e. The number of unbranched alkanes of at least 4 members (excludes halogenated alkanes) is 18. The SMILES string of the molecule is [C]#CCCCCCCCCCCCCCCCCCCC[CH2]. The minimum Gasteiger partial charge on any atom is -0.0891 e. The maximum absolute atomic E-state index is 6.85. The van der Waals surface area contributed by atoms with Crippen LogP contribution in [-0.2, 0) is 0 Å². The van der Waals surface area contributed by atoms with E-state index >= 15 is 0 Å². The van der Waals surface area contributed by atoms with Gasteiger partial charge in [0, 0.05) is 6.42 Å². The summed E-state index contributed by atoms with van der Waals surface area (Å²) in [6.45, 7) is 3.89. The largest absolute Gasteiger partial charge is 0.0891 e. The molecule has 22 heavy (non-hydrogen) atoms. The summed E-state index contributed by atoms with van der Waals surface area (Å²) in [5.74, 6) is 2.47. The second-order valence-electron chi connectivity index (χ2n) is 6.79. The maximum atomic E-state index is 6.85. The summed E-state index contributed by atoms with van der Waals surface area (Å²) in [4.78, 5) is 0. The van der Waals surface area contributed by atoms with Crippen molar-refractivity contribution in [1.82, 2.24) is 0 Å². The van der Waals surface area contributed by atoms with Gasteiger partial charge in [-0.05, 0) is 12.8 Å². The van der Waals surface area contributed by atoms with Crippen LogP contribution in [0.4, 0.5) is 0 Å². The van der Waals surface area contributed by atoms with Crippen LogP contribution in [0.2, 0.25) is 0 Å². The Hall–Kier alpha value is -0.440. The van der Waals surface area contributed by atoms with E-state index in [4.69, 9.17) is 6.42 Å². The fourth-order valence-electron chi connectivity index (χ4n) is 3.04. The molecule has 128 valence electrons. The minimum atomic E-state index is 0.857. The lowest BCUT2D eigenvalue weighted by Crippen LogP contribution is -1.84. The lowest BCUT2D eigenvalue weighted by atomic mass is 10.0. The third kappa shape index (κ3) is 19.6. The Morgan fingerprint density at radius 1 is 0.455 bits per heavy atom. The van der Waals surface area contributed by atoms with Crippen LogP contribution in [0.1, 0.15) is 122 Å². The molecule has 0 saturated heterocycles. The Labute approximate surface area is 141 Å². The van der Waals surface area contributed by atoms with Gasteiger partial charge >= 0.3 is 0 Å². The highest BCUT2D eigenvalue weighted by atomic mass is 14.0. The average molecular weight is 305 g/mol. The van der Waals surface area contributed by atoms with Gasteiger partial charge in [0.15, 0.2) is 0 Å². The summed E-state index contributed by atoms with van der Waals surface area (Å²) >= 11 is 0. The Kier molecular flexibility index (Phi) is 20.1. The van der Waals surface area contributed by atoms with E-state index in [1.54, 1.807) is 0 Å². The molecule has 0 N–H and O–H groups in total. The smallest absolute Gasteiger partial charge is 0.00989 e. The van der Waals surface area contributed by atoms with Crippen molar-refractivity contribution in [2.45, 2.75) is 122 Å². The molecule has 0 aromatic carbocycles. The van der Waals surface area contributed by atoms with Crippen molar-refractivity contribution >= 4 is 0 Å².